The summed E-state index contributed by atoms with van der Waals surface area (Å²) in [5.41, 5.74) is -5.21. The van der Waals surface area contributed by atoms with Crippen LogP contribution < -0.4 is 0 Å². The number of carbonyl (C=O) groups is 15. The van der Waals surface area contributed by atoms with Crippen LogP contribution in [0.1, 0.15) is 344 Å². The van der Waals surface area contributed by atoms with Crippen molar-refractivity contribution in [3.8, 4) is 0 Å². The molecule has 8 saturated heterocycles. The van der Waals surface area contributed by atoms with Gasteiger partial charge in [-0.15, -0.1) is 0 Å². The largest absolute Gasteiger partial charge is 0.469 e. The third-order valence-electron chi connectivity index (χ3n) is 32.5. The van der Waals surface area contributed by atoms with Gasteiger partial charge in [-0.1, -0.05) is 131 Å². The summed E-state index contributed by atoms with van der Waals surface area (Å²) in [6.07, 6.45) is 8.25. The summed E-state index contributed by atoms with van der Waals surface area (Å²) in [4.78, 5) is 180. The van der Waals surface area contributed by atoms with E-state index in [2.05, 4.69) is 0 Å². The molecule has 8 heterocycles. The molecule has 31 nitrogen and oxygen atoms in total. The molecule has 31 atom stereocenters. The van der Waals surface area contributed by atoms with E-state index >= 15 is 0 Å². The first-order valence-electron chi connectivity index (χ1n) is 45.5. The van der Waals surface area contributed by atoms with Gasteiger partial charge in [0.25, 0.3) is 0 Å². The highest BCUT2D eigenvalue weighted by Crippen LogP contribution is 2.63. The van der Waals surface area contributed by atoms with Gasteiger partial charge in [0.2, 0.25) is 5.60 Å². The van der Waals surface area contributed by atoms with Gasteiger partial charge in [0.15, 0.2) is 12.2 Å². The van der Waals surface area contributed by atoms with E-state index in [1.165, 1.54) is 21.0 Å². The summed E-state index contributed by atoms with van der Waals surface area (Å²) in [5.74, 6) is -3.35. The first-order chi connectivity index (χ1) is 57.9. The number of esters is 15. The second-order valence-corrected chi connectivity index (χ2v) is 42.6. The molecule has 31 heteroatoms. The highest BCUT2D eigenvalue weighted by Gasteiger charge is 2.73. The normalized spacial score (nSPS) is 35.1. The van der Waals surface area contributed by atoms with Crippen LogP contribution in [0.3, 0.4) is 0 Å². The molecule has 18 fully saturated rings. The molecule has 8 aliphatic heterocycles. The molecular formula is C105H180O31. The van der Waals surface area contributed by atoms with Gasteiger partial charge in [-0.05, 0) is 207 Å². The Balaban J connectivity index is 0.000000804. The summed E-state index contributed by atoms with van der Waals surface area (Å²) in [7, 11) is 1.31. The summed E-state index contributed by atoms with van der Waals surface area (Å²) >= 11 is 0. The molecule has 12 bridgehead atoms. The van der Waals surface area contributed by atoms with Crippen LogP contribution in [0, 0.1) is 133 Å². The molecule has 0 aromatic heterocycles. The molecule has 18 rings (SSSR count). The lowest BCUT2D eigenvalue weighted by atomic mass is 9.78. The molecule has 0 aromatic rings. The lowest BCUT2D eigenvalue weighted by molar-refractivity contribution is -0.192. The average Bonchev–Trinajstić information content (AvgIpc) is 1.50. The average molecular weight is 1940 g/mol. The zero-order chi connectivity index (χ0) is 91.0. The maximum Gasteiger partial charge on any atom is 0.350 e. The van der Waals surface area contributed by atoms with Gasteiger partial charge in [-0.3, -0.25) is 67.1 Å². The maximum absolute atomic E-state index is 12.6. The fraction of sp³-hybridized carbons (Fsp3) is 0.857. The monoisotopic (exact) mass is 1940 g/mol. The third kappa shape index (κ3) is 22.8. The number of hydrogen-bond acceptors (Lipinski definition) is 31. The van der Waals surface area contributed by atoms with Crippen LogP contribution in [0.4, 0.5) is 0 Å². The van der Waals surface area contributed by atoms with Crippen molar-refractivity contribution < 1.29 is 148 Å². The number of ether oxygens (including phenoxy) is 16. The van der Waals surface area contributed by atoms with Gasteiger partial charge in [-0.2, -0.15) is 0 Å². The topological polar surface area (TPSA) is 404 Å². The van der Waals surface area contributed by atoms with Crippen LogP contribution >= 0.6 is 0 Å². The Hall–Kier alpha value is -7.99. The highest BCUT2D eigenvalue weighted by molar-refractivity contribution is 5.88. The van der Waals surface area contributed by atoms with Gasteiger partial charge in [0.05, 0.1) is 93.5 Å². The molecule has 31 unspecified atom stereocenters. The standard InChI is InChI=1S/C18H26O6.C17H24O6.C16H22O6.C15H22O4.C14H20O4.C13H18O5.12CH4/c1-6-17(2,3)15(20)24-18(4,5)16(21)23-12-9-7-10-11(8-9)14(19)22-13(10)12;1-4-17(2,3)16(20)21-6-5-12(18)22-13-9-7-10-11(8-9)15(19)23-14(10)13;1-5-16(2,3)15(19)22-12-7-6-8-10(9(7)13(17)20-4)14(18)21-11(8)12;1-5-14(2,3)13(17)19-15(4)8-6-9-10(7-8)12(16)18-11(9)15;1-4-14(2,3)13(16)18-10-7-5-8-9(6-7)12(15)17-11(8)10;1-4-13(2,3)12(15)18-9-7-5-6-8(16-7)10(9)17-11(6)14;;;;;;;;;;;;/h9-13H,6-8H2,1-5H3;9-11,13-14H,4-8H2,1-3H3;7-12H,5-6H2,1-4H3;8-11H,5-7H2,1-4H3;7-11H,4-6H2,1-3H3;6-10H,4-5H2,1-3H3;12*1H4. The number of methoxy groups -OCH3 is 1. The van der Waals surface area contributed by atoms with Crippen molar-refractivity contribution in [2.45, 2.75) is 434 Å². The molecule has 18 aliphatic rings. The van der Waals surface area contributed by atoms with E-state index in [-0.39, 0.29) is 294 Å². The van der Waals surface area contributed by atoms with E-state index in [0.29, 0.717) is 50.4 Å². The van der Waals surface area contributed by atoms with Gasteiger partial charge < -0.3 is 75.8 Å². The van der Waals surface area contributed by atoms with Crippen LogP contribution in [-0.4, -0.2) is 194 Å². The summed E-state index contributed by atoms with van der Waals surface area (Å²) in [6, 6.07) is 0. The highest BCUT2D eigenvalue weighted by atomic mass is 16.7. The zero-order valence-corrected chi connectivity index (χ0v) is 76.2. The van der Waals surface area contributed by atoms with E-state index in [4.69, 9.17) is 75.8 Å². The third-order valence-corrected chi connectivity index (χ3v) is 32.5. The van der Waals surface area contributed by atoms with Crippen molar-refractivity contribution in [3.05, 3.63) is 0 Å². The molecule has 786 valence electrons. The Morgan fingerprint density at radius 1 is 0.338 bits per heavy atom. The number of hydrogen-bond donors (Lipinski definition) is 0. The summed E-state index contributed by atoms with van der Waals surface area (Å²) in [6.45, 7) is 38.8. The molecule has 10 aliphatic carbocycles. The second-order valence-electron chi connectivity index (χ2n) is 42.6. The zero-order valence-electron chi connectivity index (χ0n) is 76.2. The lowest BCUT2D eigenvalue weighted by Gasteiger charge is -2.38. The second kappa shape index (κ2) is 46.2. The van der Waals surface area contributed by atoms with Crippen LogP contribution in [0.5, 0.6) is 0 Å². The Kier molecular flexibility index (Phi) is 42.8. The minimum atomic E-state index is -1.37. The van der Waals surface area contributed by atoms with E-state index < -0.39 is 110 Å². The predicted molar refractivity (Wildman–Crippen MR) is 510 cm³/mol. The Labute approximate surface area is 814 Å². The smallest absolute Gasteiger partial charge is 0.350 e. The van der Waals surface area contributed by atoms with Crippen LogP contribution in [0.2, 0.25) is 0 Å². The quantitative estimate of drug-likeness (QED) is 0.0640. The minimum absolute atomic E-state index is 0. The van der Waals surface area contributed by atoms with Gasteiger partial charge >= 0.3 is 89.5 Å². The number of carbonyl (C=O) groups excluding carboxylic acids is 15. The van der Waals surface area contributed by atoms with Crippen molar-refractivity contribution in [3.63, 3.8) is 0 Å². The van der Waals surface area contributed by atoms with Gasteiger partial charge in [-0.25, -0.2) is 4.79 Å². The fourth-order valence-electron chi connectivity index (χ4n) is 21.9. The summed E-state index contributed by atoms with van der Waals surface area (Å²) in [5, 5.41) is 0. The van der Waals surface area contributed by atoms with Gasteiger partial charge in [0.1, 0.15) is 73.2 Å². The van der Waals surface area contributed by atoms with Crippen molar-refractivity contribution in [2.75, 3.05) is 13.7 Å². The lowest BCUT2D eigenvalue weighted by Crippen LogP contribution is -2.49. The van der Waals surface area contributed by atoms with Gasteiger partial charge in [0, 0.05) is 59.2 Å². The Morgan fingerprint density at radius 3 is 1.12 bits per heavy atom. The van der Waals surface area contributed by atoms with Crippen molar-refractivity contribution >= 4 is 89.5 Å². The SMILES string of the molecule is C.C.C.C.C.C.C.C.C.C.C.C.CCC(C)(C)C(=O)OC(C)(C)C(=O)OC1C2CC3C(=O)OC1C3C2.CCC(C)(C)C(=O)OC1(C)C2CC3C(=O)OC1C3C2.CCC(C)(C)C(=O)OC1C2CC3C(=O)OC1C3C2.CCC(C)(C)C(=O)OC1C2CC3C(=O)OC1C3O2.CCC(C)(C)C(=O)OC1C2CC3C1OC(=O)C3C2C(=O)OC.CCC(C)(C)C(=O)OCCC(=O)OC1C2CC3C(=O)OC1C3C2. The maximum atomic E-state index is 12.6. The van der Waals surface area contributed by atoms with E-state index in [1.54, 1.807) is 13.8 Å². The van der Waals surface area contributed by atoms with Crippen molar-refractivity contribution in [2.24, 2.45) is 133 Å². The first kappa shape index (κ1) is 126. The Bertz CT molecular complexity index is 4150. The van der Waals surface area contributed by atoms with Crippen LogP contribution in [0.25, 0.3) is 0 Å². The number of rotatable bonds is 24. The van der Waals surface area contributed by atoms with Crippen LogP contribution in [-0.2, 0) is 148 Å². The first-order valence-corrected chi connectivity index (χ1v) is 45.5. The van der Waals surface area contributed by atoms with E-state index in [1.807, 2.05) is 118 Å². The van der Waals surface area contributed by atoms with Crippen molar-refractivity contribution in [1.29, 1.82) is 0 Å². The van der Waals surface area contributed by atoms with Crippen molar-refractivity contribution in [1.82, 2.24) is 0 Å². The molecule has 0 N–H and O–H groups in total. The number of fused-ring (bicyclic) bond motifs is 6. The van der Waals surface area contributed by atoms with E-state index in [0.717, 1.165) is 64.2 Å². The van der Waals surface area contributed by atoms with Crippen LogP contribution in [0.15, 0.2) is 0 Å². The molecule has 136 heavy (non-hydrogen) atoms. The molecule has 0 amide bonds. The fourth-order valence-corrected chi connectivity index (χ4v) is 21.9. The predicted octanol–water partition coefficient (Wildman–Crippen LogP) is 18.3. The molecule has 0 spiro atoms. The molecular weight excluding hydrogens is 1760 g/mol. The minimum Gasteiger partial charge on any atom is -0.469 e. The van der Waals surface area contributed by atoms with E-state index in [9.17, 15) is 71.9 Å². The molecule has 0 aromatic carbocycles. The summed E-state index contributed by atoms with van der Waals surface area (Å²) < 4.78 is 87.2. The molecule has 10 saturated carbocycles. The molecule has 0 radical (unpaired) electrons. The Morgan fingerprint density at radius 2 is 0.691 bits per heavy atom.